The summed E-state index contributed by atoms with van der Waals surface area (Å²) in [6.45, 7) is 1.99. The summed E-state index contributed by atoms with van der Waals surface area (Å²) >= 11 is 3.12. The third kappa shape index (κ3) is 2.57. The number of hydrogen-bond donors (Lipinski definition) is 1. The van der Waals surface area contributed by atoms with Gasteiger partial charge in [-0.3, -0.25) is 9.20 Å². The molecule has 3 aromatic rings. The summed E-state index contributed by atoms with van der Waals surface area (Å²) in [5.41, 5.74) is 8.44. The van der Waals surface area contributed by atoms with Gasteiger partial charge in [0.2, 0.25) is 0 Å². The number of fused-ring (bicyclic) bond motifs is 1. The lowest BCUT2D eigenvalue weighted by atomic mass is 10.2. The average Bonchev–Trinajstić information content (AvgIpc) is 2.89. The second-order valence-corrected chi connectivity index (χ2v) is 6.37. The smallest absolute Gasteiger partial charge is 0.258 e. The minimum atomic E-state index is -0.0275. The Bertz CT molecular complexity index is 823. The van der Waals surface area contributed by atoms with E-state index in [2.05, 4.69) is 11.1 Å². The molecular formula is C14H13N3OS2. The largest absolute Gasteiger partial charge is 0.399 e. The molecule has 6 heteroatoms. The summed E-state index contributed by atoms with van der Waals surface area (Å²) < 4.78 is 1.56. The summed E-state index contributed by atoms with van der Waals surface area (Å²) in [6.07, 6.45) is 1.75. The minimum absolute atomic E-state index is 0.0275. The Kier molecular flexibility index (Phi) is 3.50. The third-order valence-electron chi connectivity index (χ3n) is 2.98. The monoisotopic (exact) mass is 303 g/mol. The molecule has 0 aliphatic carbocycles. The van der Waals surface area contributed by atoms with Gasteiger partial charge in [0.05, 0.1) is 5.69 Å². The van der Waals surface area contributed by atoms with E-state index in [-0.39, 0.29) is 5.56 Å². The van der Waals surface area contributed by atoms with E-state index in [1.54, 1.807) is 28.4 Å². The van der Waals surface area contributed by atoms with Crippen LogP contribution in [0, 0.1) is 6.92 Å². The third-order valence-corrected chi connectivity index (χ3v) is 4.77. The molecule has 3 rings (SSSR count). The van der Waals surface area contributed by atoms with Crippen LogP contribution in [-0.2, 0) is 5.75 Å². The number of thiazole rings is 1. The predicted octanol–water partition coefficient (Wildman–Crippen LogP) is 2.94. The summed E-state index contributed by atoms with van der Waals surface area (Å²) in [5, 5.41) is 1.87. The van der Waals surface area contributed by atoms with Crippen LogP contribution in [0.15, 0.2) is 45.5 Å². The lowest BCUT2D eigenvalue weighted by molar-refractivity contribution is 1.04. The van der Waals surface area contributed by atoms with Crippen LogP contribution in [0.2, 0.25) is 0 Å². The molecule has 4 nitrogen and oxygen atoms in total. The molecule has 0 bridgehead atoms. The molecule has 2 N–H and O–H groups in total. The van der Waals surface area contributed by atoms with E-state index in [1.165, 1.54) is 11.3 Å². The van der Waals surface area contributed by atoms with E-state index < -0.39 is 0 Å². The molecule has 20 heavy (non-hydrogen) atoms. The number of anilines is 1. The summed E-state index contributed by atoms with van der Waals surface area (Å²) in [6, 6.07) is 7.54. The molecule has 1 aromatic carbocycles. The number of rotatable bonds is 3. The number of aryl methyl sites for hydroxylation is 1. The first kappa shape index (κ1) is 13.2. The highest BCUT2D eigenvalue weighted by atomic mass is 32.2. The van der Waals surface area contributed by atoms with Crippen molar-refractivity contribution in [1.82, 2.24) is 9.38 Å². The Hall–Kier alpha value is -1.79. The van der Waals surface area contributed by atoms with E-state index in [4.69, 9.17) is 5.73 Å². The number of thioether (sulfide) groups is 1. The van der Waals surface area contributed by atoms with Gasteiger partial charge >= 0.3 is 0 Å². The van der Waals surface area contributed by atoms with Crippen molar-refractivity contribution in [2.24, 2.45) is 0 Å². The Labute approximate surface area is 124 Å². The van der Waals surface area contributed by atoms with Gasteiger partial charge in [0.15, 0.2) is 4.96 Å². The molecule has 2 aromatic heterocycles. The van der Waals surface area contributed by atoms with Crippen molar-refractivity contribution in [1.29, 1.82) is 0 Å². The number of nitrogens with zero attached hydrogens (tertiary/aromatic N) is 2. The molecule has 0 unspecified atom stereocenters. The van der Waals surface area contributed by atoms with Gasteiger partial charge in [-0.15, -0.1) is 23.1 Å². The fourth-order valence-corrected chi connectivity index (χ4v) is 3.48. The number of aromatic nitrogens is 2. The van der Waals surface area contributed by atoms with Crippen molar-refractivity contribution < 1.29 is 0 Å². The zero-order valence-corrected chi connectivity index (χ0v) is 12.5. The highest BCUT2D eigenvalue weighted by Gasteiger charge is 2.05. The Morgan fingerprint density at radius 3 is 3.05 bits per heavy atom. The maximum Gasteiger partial charge on any atom is 0.258 e. The lowest BCUT2D eigenvalue weighted by Crippen LogP contribution is -2.12. The van der Waals surface area contributed by atoms with Crippen molar-refractivity contribution in [3.05, 3.63) is 57.5 Å². The van der Waals surface area contributed by atoms with Gasteiger partial charge in [-0.05, 0) is 30.7 Å². The standard InChI is InChI=1S/C14H13N3OS2/c1-9-6-11(2-3-12(9)15)20-8-10-7-13(18)17-4-5-19-14(17)16-10/h2-7H,8,15H2,1H3. The number of benzene rings is 1. The molecule has 0 spiro atoms. The van der Waals surface area contributed by atoms with Crippen LogP contribution in [0.25, 0.3) is 4.96 Å². The Morgan fingerprint density at radius 2 is 2.25 bits per heavy atom. The van der Waals surface area contributed by atoms with Crippen LogP contribution in [-0.4, -0.2) is 9.38 Å². The van der Waals surface area contributed by atoms with E-state index in [0.717, 1.165) is 26.8 Å². The highest BCUT2D eigenvalue weighted by Crippen LogP contribution is 2.25. The topological polar surface area (TPSA) is 60.4 Å². The van der Waals surface area contributed by atoms with Gasteiger partial charge in [0.25, 0.3) is 5.56 Å². The van der Waals surface area contributed by atoms with Gasteiger partial charge < -0.3 is 5.73 Å². The van der Waals surface area contributed by atoms with Gasteiger partial charge in [-0.25, -0.2) is 4.98 Å². The summed E-state index contributed by atoms with van der Waals surface area (Å²) in [7, 11) is 0. The van der Waals surface area contributed by atoms with Crippen molar-refractivity contribution >= 4 is 33.7 Å². The van der Waals surface area contributed by atoms with Crippen molar-refractivity contribution in [2.75, 3.05) is 5.73 Å². The Morgan fingerprint density at radius 1 is 1.40 bits per heavy atom. The fourth-order valence-electron chi connectivity index (χ4n) is 1.86. The molecule has 0 aliphatic rings. The molecule has 0 amide bonds. The van der Waals surface area contributed by atoms with Crippen LogP contribution in [0.1, 0.15) is 11.3 Å². The van der Waals surface area contributed by atoms with E-state index in [0.29, 0.717) is 5.75 Å². The molecule has 0 fully saturated rings. The molecular weight excluding hydrogens is 290 g/mol. The van der Waals surface area contributed by atoms with Crippen molar-refractivity contribution in [3.8, 4) is 0 Å². The zero-order chi connectivity index (χ0) is 14.1. The van der Waals surface area contributed by atoms with Gasteiger partial charge in [-0.1, -0.05) is 0 Å². The first-order valence-electron chi connectivity index (χ1n) is 6.08. The first-order valence-corrected chi connectivity index (χ1v) is 7.95. The number of hydrogen-bond acceptors (Lipinski definition) is 5. The normalized spacial score (nSPS) is 11.1. The van der Waals surface area contributed by atoms with Crippen molar-refractivity contribution in [2.45, 2.75) is 17.6 Å². The van der Waals surface area contributed by atoms with Crippen LogP contribution < -0.4 is 11.3 Å². The average molecular weight is 303 g/mol. The van der Waals surface area contributed by atoms with Gasteiger partial charge in [0, 0.05) is 34.0 Å². The zero-order valence-electron chi connectivity index (χ0n) is 10.9. The van der Waals surface area contributed by atoms with E-state index in [1.807, 2.05) is 24.4 Å². The SMILES string of the molecule is Cc1cc(SCc2cc(=O)n3ccsc3n2)ccc1N. The molecule has 0 saturated carbocycles. The Balaban J connectivity index is 1.82. The molecule has 2 heterocycles. The second kappa shape index (κ2) is 5.30. The number of nitrogens with two attached hydrogens (primary N) is 1. The molecule has 0 aliphatic heterocycles. The van der Waals surface area contributed by atoms with E-state index in [9.17, 15) is 4.79 Å². The second-order valence-electron chi connectivity index (χ2n) is 4.45. The molecule has 102 valence electrons. The van der Waals surface area contributed by atoms with Crippen LogP contribution in [0.4, 0.5) is 5.69 Å². The van der Waals surface area contributed by atoms with Gasteiger partial charge in [-0.2, -0.15) is 0 Å². The molecule has 0 atom stereocenters. The number of nitrogen functional groups attached to an aromatic ring is 1. The maximum atomic E-state index is 11.9. The quantitative estimate of drug-likeness (QED) is 0.597. The van der Waals surface area contributed by atoms with E-state index >= 15 is 0 Å². The van der Waals surface area contributed by atoms with Crippen LogP contribution in [0.3, 0.4) is 0 Å². The summed E-state index contributed by atoms with van der Waals surface area (Å²) in [4.78, 5) is 18.2. The fraction of sp³-hybridized carbons (Fsp3) is 0.143. The minimum Gasteiger partial charge on any atom is -0.399 e. The molecule has 0 saturated heterocycles. The molecule has 0 radical (unpaired) electrons. The van der Waals surface area contributed by atoms with Crippen LogP contribution >= 0.6 is 23.1 Å². The predicted molar refractivity (Wildman–Crippen MR) is 84.5 cm³/mol. The lowest BCUT2D eigenvalue weighted by Gasteiger charge is -2.05. The van der Waals surface area contributed by atoms with Crippen molar-refractivity contribution in [3.63, 3.8) is 0 Å². The van der Waals surface area contributed by atoms with Gasteiger partial charge in [0.1, 0.15) is 0 Å². The summed E-state index contributed by atoms with van der Waals surface area (Å²) in [5.74, 6) is 0.674. The van der Waals surface area contributed by atoms with Crippen LogP contribution in [0.5, 0.6) is 0 Å². The maximum absolute atomic E-state index is 11.9. The highest BCUT2D eigenvalue weighted by molar-refractivity contribution is 7.98. The first-order chi connectivity index (χ1) is 9.63.